The first kappa shape index (κ1) is 17.4. The van der Waals surface area contributed by atoms with Crippen molar-refractivity contribution in [2.24, 2.45) is 0 Å². The maximum atomic E-state index is 13.9. The summed E-state index contributed by atoms with van der Waals surface area (Å²) in [5.74, 6) is -0.576. The summed E-state index contributed by atoms with van der Waals surface area (Å²) >= 11 is 1.28. The van der Waals surface area contributed by atoms with E-state index in [0.717, 1.165) is 21.8 Å². The number of carbonyl (C=O) groups excluding carboxylic acids is 1. The number of nitrogens with zero attached hydrogens (tertiary/aromatic N) is 2. The third-order valence-corrected chi connectivity index (χ3v) is 5.64. The number of nitrogens with one attached hydrogen (secondary N) is 1. The summed E-state index contributed by atoms with van der Waals surface area (Å²) in [5, 5.41) is 7.97. The van der Waals surface area contributed by atoms with Crippen molar-refractivity contribution in [3.8, 4) is 5.69 Å². The zero-order valence-electron chi connectivity index (χ0n) is 15.2. The Morgan fingerprint density at radius 3 is 2.56 bits per heavy atom. The highest BCUT2D eigenvalue weighted by Gasteiger charge is 2.18. The lowest BCUT2D eigenvalue weighted by Crippen LogP contribution is -2.11. The Kier molecular flexibility index (Phi) is 4.28. The minimum absolute atomic E-state index is 0.259. The Hall–Kier alpha value is -2.99. The van der Waals surface area contributed by atoms with E-state index in [2.05, 4.69) is 10.4 Å². The summed E-state index contributed by atoms with van der Waals surface area (Å²) < 4.78 is 16.5. The number of thiophene rings is 1. The SMILES string of the molecule is Cc1ccc(-n2nc(C)c(NC(=O)c3cc4c(F)cccc4s3)c2C)cc1. The predicted octanol–water partition coefficient (Wildman–Crippen LogP) is 5.40. The van der Waals surface area contributed by atoms with Crippen LogP contribution in [-0.4, -0.2) is 15.7 Å². The molecule has 2 aromatic carbocycles. The van der Waals surface area contributed by atoms with Gasteiger partial charge in [0.15, 0.2) is 0 Å². The van der Waals surface area contributed by atoms with E-state index in [9.17, 15) is 9.18 Å². The van der Waals surface area contributed by atoms with Crippen LogP contribution in [0.15, 0.2) is 48.5 Å². The average molecular weight is 379 g/mol. The molecule has 1 N–H and O–H groups in total. The molecular weight excluding hydrogens is 361 g/mol. The Morgan fingerprint density at radius 2 is 1.85 bits per heavy atom. The molecule has 4 rings (SSSR count). The molecule has 0 aliphatic rings. The lowest BCUT2D eigenvalue weighted by atomic mass is 10.2. The zero-order valence-corrected chi connectivity index (χ0v) is 16.0. The Morgan fingerprint density at radius 1 is 1.11 bits per heavy atom. The van der Waals surface area contributed by atoms with Crippen LogP contribution in [0.25, 0.3) is 15.8 Å². The molecule has 0 saturated carbocycles. The van der Waals surface area contributed by atoms with Crippen LogP contribution in [0.4, 0.5) is 10.1 Å². The molecule has 6 heteroatoms. The number of aromatic nitrogens is 2. The van der Waals surface area contributed by atoms with Gasteiger partial charge in [-0.3, -0.25) is 4.79 Å². The lowest BCUT2D eigenvalue weighted by Gasteiger charge is -2.06. The van der Waals surface area contributed by atoms with Gasteiger partial charge in [0.05, 0.1) is 27.6 Å². The molecule has 4 nitrogen and oxygen atoms in total. The monoisotopic (exact) mass is 379 g/mol. The fourth-order valence-corrected chi connectivity index (χ4v) is 4.04. The van der Waals surface area contributed by atoms with Crippen LogP contribution < -0.4 is 5.32 Å². The smallest absolute Gasteiger partial charge is 0.265 e. The number of carbonyl (C=O) groups is 1. The first-order valence-electron chi connectivity index (χ1n) is 8.56. The van der Waals surface area contributed by atoms with Crippen molar-refractivity contribution in [1.29, 1.82) is 0 Å². The van der Waals surface area contributed by atoms with Crippen molar-refractivity contribution in [3.63, 3.8) is 0 Å². The van der Waals surface area contributed by atoms with E-state index in [1.807, 2.05) is 55.8 Å². The quantitative estimate of drug-likeness (QED) is 0.518. The fourth-order valence-electron chi connectivity index (χ4n) is 3.07. The molecule has 0 aliphatic heterocycles. The highest BCUT2D eigenvalue weighted by molar-refractivity contribution is 7.20. The molecular formula is C21H18FN3OS. The first-order chi connectivity index (χ1) is 12.9. The van der Waals surface area contributed by atoms with E-state index in [1.165, 1.54) is 23.0 Å². The van der Waals surface area contributed by atoms with Crippen molar-refractivity contribution < 1.29 is 9.18 Å². The van der Waals surface area contributed by atoms with Crippen molar-refractivity contribution in [1.82, 2.24) is 9.78 Å². The summed E-state index contributed by atoms with van der Waals surface area (Å²) in [6, 6.07) is 14.5. The van der Waals surface area contributed by atoms with E-state index < -0.39 is 0 Å². The van der Waals surface area contributed by atoms with Crippen LogP contribution in [0.3, 0.4) is 0 Å². The van der Waals surface area contributed by atoms with Gasteiger partial charge >= 0.3 is 0 Å². The zero-order chi connectivity index (χ0) is 19.1. The van der Waals surface area contributed by atoms with Crippen molar-refractivity contribution >= 4 is 33.0 Å². The third-order valence-electron chi connectivity index (χ3n) is 4.54. The topological polar surface area (TPSA) is 46.9 Å². The van der Waals surface area contributed by atoms with Gasteiger partial charge in [0.2, 0.25) is 0 Å². The second-order valence-electron chi connectivity index (χ2n) is 6.51. The third kappa shape index (κ3) is 3.13. The minimum Gasteiger partial charge on any atom is -0.318 e. The molecule has 0 atom stereocenters. The van der Waals surface area contributed by atoms with Gasteiger partial charge in [0, 0.05) is 10.1 Å². The fraction of sp³-hybridized carbons (Fsp3) is 0.143. The van der Waals surface area contributed by atoms with Crippen LogP contribution >= 0.6 is 11.3 Å². The van der Waals surface area contributed by atoms with Crippen LogP contribution in [0.2, 0.25) is 0 Å². The minimum atomic E-state index is -0.317. The number of halogens is 1. The van der Waals surface area contributed by atoms with Gasteiger partial charge in [0.25, 0.3) is 5.91 Å². The highest BCUT2D eigenvalue weighted by atomic mass is 32.1. The Bertz CT molecular complexity index is 1160. The van der Waals surface area contributed by atoms with Gasteiger partial charge in [0.1, 0.15) is 5.82 Å². The maximum Gasteiger partial charge on any atom is 0.265 e. The predicted molar refractivity (Wildman–Crippen MR) is 108 cm³/mol. The van der Waals surface area contributed by atoms with E-state index >= 15 is 0 Å². The molecule has 0 fully saturated rings. The second kappa shape index (κ2) is 6.63. The van der Waals surface area contributed by atoms with Gasteiger partial charge in [-0.05, 0) is 51.1 Å². The largest absolute Gasteiger partial charge is 0.318 e. The number of hydrogen-bond donors (Lipinski definition) is 1. The maximum absolute atomic E-state index is 13.9. The first-order valence-corrected chi connectivity index (χ1v) is 9.38. The van der Waals surface area contributed by atoms with Crippen molar-refractivity contribution in [2.75, 3.05) is 5.32 Å². The van der Waals surface area contributed by atoms with Gasteiger partial charge in [-0.2, -0.15) is 5.10 Å². The van der Waals surface area contributed by atoms with Crippen LogP contribution in [0.1, 0.15) is 26.6 Å². The standard InChI is InChI=1S/C21H18FN3OS/c1-12-7-9-15(10-8-12)25-14(3)20(13(2)24-25)23-21(26)19-11-16-17(22)5-4-6-18(16)27-19/h4-11H,1-3H3,(H,23,26). The Balaban J connectivity index is 1.66. The summed E-state index contributed by atoms with van der Waals surface area (Å²) in [4.78, 5) is 13.2. The van der Waals surface area contributed by atoms with Crippen LogP contribution in [-0.2, 0) is 0 Å². The number of rotatable bonds is 3. The van der Waals surface area contributed by atoms with Gasteiger partial charge in [-0.15, -0.1) is 11.3 Å². The molecule has 0 unspecified atom stereocenters. The van der Waals surface area contributed by atoms with Gasteiger partial charge < -0.3 is 5.32 Å². The van der Waals surface area contributed by atoms with Crippen LogP contribution in [0, 0.1) is 26.6 Å². The summed E-state index contributed by atoms with van der Waals surface area (Å²) in [5.41, 5.74) is 4.36. The number of aryl methyl sites for hydroxylation is 2. The molecule has 136 valence electrons. The summed E-state index contributed by atoms with van der Waals surface area (Å²) in [6.45, 7) is 5.81. The normalized spacial score (nSPS) is 11.1. The molecule has 0 spiro atoms. The Labute approximate surface area is 160 Å². The van der Waals surface area contributed by atoms with Gasteiger partial charge in [-0.25, -0.2) is 9.07 Å². The van der Waals surface area contributed by atoms with E-state index in [1.54, 1.807) is 12.1 Å². The van der Waals surface area contributed by atoms with E-state index in [0.29, 0.717) is 16.0 Å². The molecule has 2 heterocycles. The molecule has 0 radical (unpaired) electrons. The number of benzene rings is 2. The molecule has 0 bridgehead atoms. The number of fused-ring (bicyclic) bond motifs is 1. The number of amides is 1. The molecule has 1 amide bonds. The van der Waals surface area contributed by atoms with E-state index in [4.69, 9.17) is 0 Å². The van der Waals surface area contributed by atoms with Gasteiger partial charge in [-0.1, -0.05) is 23.8 Å². The lowest BCUT2D eigenvalue weighted by molar-refractivity contribution is 0.103. The highest BCUT2D eigenvalue weighted by Crippen LogP contribution is 2.29. The second-order valence-corrected chi connectivity index (χ2v) is 7.59. The van der Waals surface area contributed by atoms with Crippen LogP contribution in [0.5, 0.6) is 0 Å². The van der Waals surface area contributed by atoms with E-state index in [-0.39, 0.29) is 11.7 Å². The molecule has 0 aliphatic carbocycles. The average Bonchev–Trinajstić information content (AvgIpc) is 3.20. The molecule has 27 heavy (non-hydrogen) atoms. The molecule has 2 aromatic heterocycles. The molecule has 4 aromatic rings. The summed E-state index contributed by atoms with van der Waals surface area (Å²) in [6.07, 6.45) is 0. The molecule has 0 saturated heterocycles. The van der Waals surface area contributed by atoms with Crippen molar-refractivity contribution in [3.05, 3.63) is 76.2 Å². The number of anilines is 1. The van der Waals surface area contributed by atoms with Crippen molar-refractivity contribution in [2.45, 2.75) is 20.8 Å². The number of hydrogen-bond acceptors (Lipinski definition) is 3. The summed E-state index contributed by atoms with van der Waals surface area (Å²) in [7, 11) is 0.